The summed E-state index contributed by atoms with van der Waals surface area (Å²) in [7, 11) is 1.39. The average Bonchev–Trinajstić information content (AvgIpc) is 2.43. The van der Waals surface area contributed by atoms with Gasteiger partial charge in [-0.3, -0.25) is 9.59 Å². The van der Waals surface area contributed by atoms with E-state index in [1.807, 2.05) is 0 Å². The second-order valence-corrected chi connectivity index (χ2v) is 4.31. The fourth-order valence-corrected chi connectivity index (χ4v) is 1.48. The van der Waals surface area contributed by atoms with Gasteiger partial charge in [-0.05, 0) is 18.2 Å². The summed E-state index contributed by atoms with van der Waals surface area (Å²) in [5.74, 6) is -1.13. The quantitative estimate of drug-likeness (QED) is 0.709. The minimum atomic E-state index is -4.44. The molecule has 0 aromatic heterocycles. The number of ether oxygens (including phenoxy) is 1. The Balaban J connectivity index is 2.46. The third-order valence-corrected chi connectivity index (χ3v) is 2.36. The second-order valence-electron chi connectivity index (χ2n) is 4.31. The predicted molar refractivity (Wildman–Crippen MR) is 74.5 cm³/mol. The van der Waals surface area contributed by atoms with Crippen molar-refractivity contribution in [2.75, 3.05) is 37.4 Å². The molecule has 0 aliphatic rings. The largest absolute Gasteiger partial charge is 0.405 e. The van der Waals surface area contributed by atoms with Crippen LogP contribution in [0.4, 0.5) is 24.5 Å². The van der Waals surface area contributed by atoms with Gasteiger partial charge in [0.25, 0.3) is 0 Å². The minimum Gasteiger partial charge on any atom is -0.376 e. The van der Waals surface area contributed by atoms with E-state index >= 15 is 0 Å². The Morgan fingerprint density at radius 3 is 2.50 bits per heavy atom. The Morgan fingerprint density at radius 1 is 1.18 bits per heavy atom. The van der Waals surface area contributed by atoms with Crippen LogP contribution in [0.3, 0.4) is 0 Å². The van der Waals surface area contributed by atoms with E-state index in [9.17, 15) is 22.8 Å². The van der Waals surface area contributed by atoms with Crippen molar-refractivity contribution in [3.05, 3.63) is 24.3 Å². The molecule has 1 rings (SSSR count). The molecule has 1 aromatic rings. The molecule has 0 fully saturated rings. The number of halogens is 3. The molecule has 0 aliphatic heterocycles. The fourth-order valence-electron chi connectivity index (χ4n) is 1.48. The van der Waals surface area contributed by atoms with E-state index in [0.717, 1.165) is 0 Å². The molecule has 0 unspecified atom stereocenters. The van der Waals surface area contributed by atoms with E-state index in [2.05, 4.69) is 15.4 Å². The summed E-state index contributed by atoms with van der Waals surface area (Å²) < 4.78 is 40.5. The molecule has 9 heteroatoms. The molecule has 22 heavy (non-hydrogen) atoms. The molecule has 0 heterocycles. The van der Waals surface area contributed by atoms with E-state index in [1.165, 1.54) is 7.11 Å². The predicted octanol–water partition coefficient (Wildman–Crippen LogP) is 1.36. The molecule has 0 atom stereocenters. The monoisotopic (exact) mass is 319 g/mol. The first-order valence-electron chi connectivity index (χ1n) is 6.26. The first kappa shape index (κ1) is 17.8. The van der Waals surface area contributed by atoms with Gasteiger partial charge >= 0.3 is 6.18 Å². The molecular formula is C13H16F3N3O3. The van der Waals surface area contributed by atoms with Gasteiger partial charge in [-0.1, -0.05) is 6.07 Å². The highest BCUT2D eigenvalue weighted by atomic mass is 19.4. The number of nitrogens with one attached hydrogen (secondary N) is 3. The van der Waals surface area contributed by atoms with Gasteiger partial charge in [-0.25, -0.2) is 0 Å². The van der Waals surface area contributed by atoms with E-state index in [0.29, 0.717) is 11.4 Å². The summed E-state index contributed by atoms with van der Waals surface area (Å²) in [6, 6.07) is 6.41. The van der Waals surface area contributed by atoms with Crippen molar-refractivity contribution in [1.82, 2.24) is 5.32 Å². The van der Waals surface area contributed by atoms with Crippen LogP contribution in [-0.2, 0) is 14.3 Å². The molecule has 3 N–H and O–H groups in total. The molecule has 6 nitrogen and oxygen atoms in total. The summed E-state index contributed by atoms with van der Waals surface area (Å²) in [5, 5.41) is 6.97. The standard InChI is InChI=1S/C13H16F3N3O3/c1-22-7-12(21)19-10-4-2-3-9(5-10)17-6-11(20)18-8-13(14,15)16/h2-5,17H,6-8H2,1H3,(H,18,20)(H,19,21). The molecule has 0 bridgehead atoms. The van der Waals surface area contributed by atoms with Crippen molar-refractivity contribution in [2.45, 2.75) is 6.18 Å². The van der Waals surface area contributed by atoms with Crippen LogP contribution in [0.15, 0.2) is 24.3 Å². The zero-order chi connectivity index (χ0) is 16.6. The van der Waals surface area contributed by atoms with Crippen LogP contribution >= 0.6 is 0 Å². The molecule has 0 aliphatic carbocycles. The summed E-state index contributed by atoms with van der Waals surface area (Å²) in [6.07, 6.45) is -4.44. The van der Waals surface area contributed by atoms with Crippen LogP contribution in [0.1, 0.15) is 0 Å². The number of hydrogen-bond acceptors (Lipinski definition) is 4. The summed E-state index contributed by atoms with van der Waals surface area (Å²) >= 11 is 0. The fraction of sp³-hybridized carbons (Fsp3) is 0.385. The van der Waals surface area contributed by atoms with Gasteiger partial charge in [0.15, 0.2) is 0 Å². The molecule has 122 valence electrons. The lowest BCUT2D eigenvalue weighted by Gasteiger charge is -2.11. The van der Waals surface area contributed by atoms with Gasteiger partial charge in [0.05, 0.1) is 6.54 Å². The molecule has 0 radical (unpaired) electrons. The Morgan fingerprint density at radius 2 is 1.86 bits per heavy atom. The third kappa shape index (κ3) is 7.48. The Labute approximate surface area is 125 Å². The van der Waals surface area contributed by atoms with Gasteiger partial charge in [-0.15, -0.1) is 0 Å². The number of carbonyl (C=O) groups is 2. The lowest BCUT2D eigenvalue weighted by Crippen LogP contribution is -2.37. The molecule has 2 amide bonds. The number of amides is 2. The number of carbonyl (C=O) groups excluding carboxylic acids is 2. The van der Waals surface area contributed by atoms with Crippen LogP contribution in [0.5, 0.6) is 0 Å². The smallest absolute Gasteiger partial charge is 0.376 e. The van der Waals surface area contributed by atoms with Crippen LogP contribution in [0.2, 0.25) is 0 Å². The van der Waals surface area contributed by atoms with Gasteiger partial charge in [0.2, 0.25) is 11.8 Å². The van der Waals surface area contributed by atoms with Crippen molar-refractivity contribution in [2.24, 2.45) is 0 Å². The van der Waals surface area contributed by atoms with E-state index in [4.69, 9.17) is 0 Å². The maximum absolute atomic E-state index is 11.9. The number of benzene rings is 1. The van der Waals surface area contributed by atoms with Crippen molar-refractivity contribution >= 4 is 23.2 Å². The second kappa shape index (κ2) is 8.23. The van der Waals surface area contributed by atoms with Crippen molar-refractivity contribution < 1.29 is 27.5 Å². The SMILES string of the molecule is COCC(=O)Nc1cccc(NCC(=O)NCC(F)(F)F)c1. The average molecular weight is 319 g/mol. The number of rotatable bonds is 7. The Hall–Kier alpha value is -2.29. The summed E-state index contributed by atoms with van der Waals surface area (Å²) in [6.45, 7) is -1.79. The number of anilines is 2. The van der Waals surface area contributed by atoms with Crippen LogP contribution in [-0.4, -0.2) is 44.8 Å². The Bertz CT molecular complexity index is 521. The lowest BCUT2D eigenvalue weighted by atomic mass is 10.2. The lowest BCUT2D eigenvalue weighted by molar-refractivity contribution is -0.137. The van der Waals surface area contributed by atoms with E-state index in [-0.39, 0.29) is 19.1 Å². The maximum atomic E-state index is 11.9. The first-order valence-corrected chi connectivity index (χ1v) is 6.26. The van der Waals surface area contributed by atoms with Gasteiger partial charge in [0, 0.05) is 18.5 Å². The molecule has 1 aromatic carbocycles. The van der Waals surface area contributed by atoms with Crippen LogP contribution < -0.4 is 16.0 Å². The number of hydrogen-bond donors (Lipinski definition) is 3. The third-order valence-electron chi connectivity index (χ3n) is 2.36. The van der Waals surface area contributed by atoms with Crippen molar-refractivity contribution in [3.63, 3.8) is 0 Å². The van der Waals surface area contributed by atoms with Gasteiger partial charge in [0.1, 0.15) is 13.2 Å². The number of alkyl halides is 3. The van der Waals surface area contributed by atoms with Gasteiger partial charge in [-0.2, -0.15) is 13.2 Å². The van der Waals surface area contributed by atoms with Gasteiger partial charge < -0.3 is 20.7 Å². The highest BCUT2D eigenvalue weighted by molar-refractivity contribution is 5.92. The summed E-state index contributed by atoms with van der Waals surface area (Å²) in [4.78, 5) is 22.6. The topological polar surface area (TPSA) is 79.5 Å². The van der Waals surface area contributed by atoms with Crippen molar-refractivity contribution in [1.29, 1.82) is 0 Å². The Kier molecular flexibility index (Phi) is 6.64. The normalized spacial score (nSPS) is 10.9. The zero-order valence-corrected chi connectivity index (χ0v) is 11.8. The van der Waals surface area contributed by atoms with E-state index in [1.54, 1.807) is 29.6 Å². The van der Waals surface area contributed by atoms with Crippen LogP contribution in [0, 0.1) is 0 Å². The molecule has 0 saturated carbocycles. The minimum absolute atomic E-state index is 0.0997. The highest BCUT2D eigenvalue weighted by Crippen LogP contribution is 2.15. The maximum Gasteiger partial charge on any atom is 0.405 e. The summed E-state index contributed by atoms with van der Waals surface area (Å²) in [5.41, 5.74) is 0.958. The molecule has 0 spiro atoms. The number of methoxy groups -OCH3 is 1. The molecular weight excluding hydrogens is 303 g/mol. The van der Waals surface area contributed by atoms with E-state index < -0.39 is 18.6 Å². The molecule has 0 saturated heterocycles. The van der Waals surface area contributed by atoms with Crippen LogP contribution in [0.25, 0.3) is 0 Å². The highest BCUT2D eigenvalue weighted by Gasteiger charge is 2.27. The van der Waals surface area contributed by atoms with Crippen molar-refractivity contribution in [3.8, 4) is 0 Å². The zero-order valence-electron chi connectivity index (χ0n) is 11.8. The first-order chi connectivity index (χ1) is 10.3.